The second-order valence-electron chi connectivity index (χ2n) is 3.77. The maximum Gasteiger partial charge on any atom is 0.273 e. The van der Waals surface area contributed by atoms with Crippen LogP contribution >= 0.6 is 0 Å². The molecule has 0 saturated carbocycles. The van der Waals surface area contributed by atoms with Crippen LogP contribution in [0.15, 0.2) is 24.3 Å². The van der Waals surface area contributed by atoms with Crippen LogP contribution in [0.4, 0.5) is 5.69 Å². The maximum absolute atomic E-state index is 11.3. The minimum Gasteiger partial charge on any atom is -0.484 e. The molecule has 9 heteroatoms. The average Bonchev–Trinajstić information content (AvgIpc) is 2.42. The normalized spacial score (nSPS) is 11.4. The summed E-state index contributed by atoms with van der Waals surface area (Å²) in [5.41, 5.74) is 4.64. The second-order valence-corrected chi connectivity index (χ2v) is 3.77. The molecule has 108 valence electrons. The number of aliphatic hydroxyl groups is 1. The second kappa shape index (κ2) is 7.04. The zero-order valence-corrected chi connectivity index (χ0v) is 10.3. The Morgan fingerprint density at radius 3 is 2.80 bits per heavy atom. The van der Waals surface area contributed by atoms with E-state index in [-0.39, 0.29) is 18.0 Å². The van der Waals surface area contributed by atoms with E-state index in [1.165, 1.54) is 24.3 Å². The molecular formula is C11H13N3O6. The topological polar surface area (TPSA) is 145 Å². The number of non-ortho nitro benzene ring substituents is 1. The third-order valence-electron chi connectivity index (χ3n) is 2.22. The van der Waals surface area contributed by atoms with Gasteiger partial charge in [0.05, 0.1) is 17.5 Å². The Bertz CT molecular complexity index is 519. The van der Waals surface area contributed by atoms with Crippen molar-refractivity contribution in [3.05, 3.63) is 34.4 Å². The third-order valence-corrected chi connectivity index (χ3v) is 2.22. The zero-order valence-electron chi connectivity index (χ0n) is 10.3. The lowest BCUT2D eigenvalue weighted by atomic mass is 10.3. The van der Waals surface area contributed by atoms with Crippen molar-refractivity contribution in [3.63, 3.8) is 0 Å². The van der Waals surface area contributed by atoms with Crippen LogP contribution < -0.4 is 15.8 Å². The first kappa shape index (κ1) is 15.4. The molecule has 0 aromatic heterocycles. The number of aliphatic hydroxyl groups excluding tert-OH is 1. The molecule has 1 aromatic rings. The highest BCUT2D eigenvalue weighted by molar-refractivity contribution is 5.81. The summed E-state index contributed by atoms with van der Waals surface area (Å²) >= 11 is 0. The van der Waals surface area contributed by atoms with Crippen molar-refractivity contribution in [2.75, 3.05) is 13.2 Å². The summed E-state index contributed by atoms with van der Waals surface area (Å²) in [4.78, 5) is 31.8. The fourth-order valence-corrected chi connectivity index (χ4v) is 1.20. The number of hydrogen-bond donors (Lipinski definition) is 3. The lowest BCUT2D eigenvalue weighted by molar-refractivity contribution is -0.384. The molecule has 2 amide bonds. The highest BCUT2D eigenvalue weighted by atomic mass is 16.6. The van der Waals surface area contributed by atoms with Crippen molar-refractivity contribution in [1.29, 1.82) is 0 Å². The molecule has 0 bridgehead atoms. The van der Waals surface area contributed by atoms with Crippen LogP contribution in [-0.4, -0.2) is 41.1 Å². The lowest BCUT2D eigenvalue weighted by Crippen LogP contribution is -2.41. The van der Waals surface area contributed by atoms with E-state index in [0.717, 1.165) is 0 Å². The maximum atomic E-state index is 11.3. The predicted octanol–water partition coefficient (Wildman–Crippen LogP) is -1.06. The third kappa shape index (κ3) is 4.90. The van der Waals surface area contributed by atoms with Gasteiger partial charge in [-0.1, -0.05) is 6.07 Å². The molecule has 1 aromatic carbocycles. The number of nitrogens with two attached hydrogens (primary N) is 1. The number of nitrogens with zero attached hydrogens (tertiary/aromatic N) is 1. The number of carbonyl (C=O) groups excluding carboxylic acids is 2. The number of nitro groups is 1. The van der Waals surface area contributed by atoms with Crippen molar-refractivity contribution in [3.8, 4) is 5.75 Å². The quantitative estimate of drug-likeness (QED) is 0.429. The van der Waals surface area contributed by atoms with Gasteiger partial charge < -0.3 is 20.9 Å². The summed E-state index contributed by atoms with van der Waals surface area (Å²) in [6, 6.07) is 5.34. The molecule has 1 rings (SSSR count). The van der Waals surface area contributed by atoms with Crippen LogP contribution in [0.3, 0.4) is 0 Å². The Kier molecular flexibility index (Phi) is 5.42. The van der Waals surface area contributed by atoms with E-state index in [4.69, 9.17) is 15.6 Å². The molecule has 0 aliphatic heterocycles. The number of ether oxygens (including phenoxy) is 1. The monoisotopic (exact) mass is 283 g/mol. The van der Waals surface area contributed by atoms with E-state index < -0.39 is 29.4 Å². The van der Waals surface area contributed by atoms with E-state index in [1.54, 1.807) is 0 Å². The molecule has 4 N–H and O–H groups in total. The zero-order chi connectivity index (χ0) is 15.1. The highest BCUT2D eigenvalue weighted by Crippen LogP contribution is 2.18. The summed E-state index contributed by atoms with van der Waals surface area (Å²) in [5.74, 6) is -1.40. The number of benzene rings is 1. The average molecular weight is 283 g/mol. The molecule has 20 heavy (non-hydrogen) atoms. The Morgan fingerprint density at radius 2 is 2.20 bits per heavy atom. The number of amides is 2. The highest BCUT2D eigenvalue weighted by Gasteiger charge is 2.13. The van der Waals surface area contributed by atoms with Crippen molar-refractivity contribution >= 4 is 17.5 Å². The van der Waals surface area contributed by atoms with E-state index in [9.17, 15) is 19.7 Å². The van der Waals surface area contributed by atoms with Crippen LogP contribution in [0.1, 0.15) is 0 Å². The minimum atomic E-state index is -1.48. The van der Waals surface area contributed by atoms with Gasteiger partial charge >= 0.3 is 0 Å². The first-order chi connectivity index (χ1) is 9.40. The summed E-state index contributed by atoms with van der Waals surface area (Å²) in [7, 11) is 0. The molecule has 0 fully saturated rings. The van der Waals surface area contributed by atoms with Crippen molar-refractivity contribution in [2.24, 2.45) is 5.73 Å². The van der Waals surface area contributed by atoms with Crippen molar-refractivity contribution < 1.29 is 24.4 Å². The molecule has 0 saturated heterocycles. The van der Waals surface area contributed by atoms with Gasteiger partial charge in [0.25, 0.3) is 11.6 Å². The van der Waals surface area contributed by atoms with Gasteiger partial charge in [-0.25, -0.2) is 0 Å². The van der Waals surface area contributed by atoms with Crippen LogP contribution in [-0.2, 0) is 9.59 Å². The Balaban J connectivity index is 2.43. The largest absolute Gasteiger partial charge is 0.484 e. The van der Waals surface area contributed by atoms with Crippen molar-refractivity contribution in [1.82, 2.24) is 5.32 Å². The van der Waals surface area contributed by atoms with Crippen LogP contribution in [0, 0.1) is 10.1 Å². The molecule has 0 radical (unpaired) electrons. The Morgan fingerprint density at radius 1 is 1.50 bits per heavy atom. The van der Waals surface area contributed by atoms with Gasteiger partial charge in [0.2, 0.25) is 5.91 Å². The predicted molar refractivity (Wildman–Crippen MR) is 66.8 cm³/mol. The first-order valence-corrected chi connectivity index (χ1v) is 5.51. The summed E-state index contributed by atoms with van der Waals surface area (Å²) in [6.07, 6.45) is -1.48. The van der Waals surface area contributed by atoms with Crippen LogP contribution in [0.2, 0.25) is 0 Å². The van der Waals surface area contributed by atoms with Crippen LogP contribution in [0.25, 0.3) is 0 Å². The van der Waals surface area contributed by atoms with Gasteiger partial charge in [-0.2, -0.15) is 0 Å². The van der Waals surface area contributed by atoms with Crippen LogP contribution in [0.5, 0.6) is 5.75 Å². The lowest BCUT2D eigenvalue weighted by Gasteiger charge is -2.09. The molecule has 1 unspecified atom stereocenters. The number of carbonyl (C=O) groups is 2. The molecule has 0 aliphatic carbocycles. The van der Waals surface area contributed by atoms with E-state index in [1.807, 2.05) is 0 Å². The van der Waals surface area contributed by atoms with E-state index in [0.29, 0.717) is 0 Å². The molecule has 0 heterocycles. The summed E-state index contributed by atoms with van der Waals surface area (Å²) in [6.45, 7) is -0.737. The van der Waals surface area contributed by atoms with Gasteiger partial charge in [-0.15, -0.1) is 0 Å². The van der Waals surface area contributed by atoms with Gasteiger partial charge in [-0.3, -0.25) is 19.7 Å². The van der Waals surface area contributed by atoms with Gasteiger partial charge in [-0.05, 0) is 6.07 Å². The fourth-order valence-electron chi connectivity index (χ4n) is 1.20. The number of rotatable bonds is 7. The van der Waals surface area contributed by atoms with Gasteiger partial charge in [0, 0.05) is 6.07 Å². The first-order valence-electron chi connectivity index (χ1n) is 5.51. The Hall–Kier alpha value is -2.68. The molecule has 0 aliphatic rings. The van der Waals surface area contributed by atoms with E-state index in [2.05, 4.69) is 5.32 Å². The molecule has 1 atom stereocenters. The minimum absolute atomic E-state index is 0.157. The molecule has 0 spiro atoms. The number of nitro benzene ring substituents is 1. The smallest absolute Gasteiger partial charge is 0.273 e. The molecule has 9 nitrogen and oxygen atoms in total. The number of nitrogens with one attached hydrogen (secondary N) is 1. The van der Waals surface area contributed by atoms with Crippen molar-refractivity contribution in [2.45, 2.75) is 6.10 Å². The molecular weight excluding hydrogens is 270 g/mol. The SMILES string of the molecule is NC(=O)C(O)CNC(=O)COc1cccc([N+](=O)[O-])c1. The number of hydrogen-bond acceptors (Lipinski definition) is 6. The standard InChI is InChI=1S/C11H13N3O6/c12-11(17)9(15)5-13-10(16)6-20-8-3-1-2-7(4-8)14(18)19/h1-4,9,15H,5-6H2,(H2,12,17)(H,13,16). The summed E-state index contributed by atoms with van der Waals surface area (Å²) < 4.78 is 5.04. The van der Waals surface area contributed by atoms with Gasteiger partial charge in [0.1, 0.15) is 11.9 Å². The Labute approximate surface area is 113 Å². The van der Waals surface area contributed by atoms with E-state index >= 15 is 0 Å². The van der Waals surface area contributed by atoms with Gasteiger partial charge in [0.15, 0.2) is 6.61 Å². The number of primary amides is 1. The fraction of sp³-hybridized carbons (Fsp3) is 0.273. The summed E-state index contributed by atoms with van der Waals surface area (Å²) in [5, 5.41) is 21.8.